The third-order valence-electron chi connectivity index (χ3n) is 1.83. The predicted molar refractivity (Wildman–Crippen MR) is 44.6 cm³/mol. The van der Waals surface area contributed by atoms with Crippen molar-refractivity contribution in [3.8, 4) is 11.4 Å². The first-order valence-corrected chi connectivity index (χ1v) is 3.71. The van der Waals surface area contributed by atoms with E-state index in [0.29, 0.717) is 0 Å². The van der Waals surface area contributed by atoms with Crippen LogP contribution in [0.1, 0.15) is 0 Å². The maximum absolute atomic E-state index is 11.0. The molecular weight excluding hydrogens is 170 g/mol. The molecule has 0 fully saturated rings. The largest absolute Gasteiger partial charge is 0.499 e. The zero-order chi connectivity index (χ0) is 9.42. The molecule has 1 heterocycles. The molecule has 64 valence electrons. The minimum atomic E-state index is -0.814. The fourth-order valence-electron chi connectivity index (χ4n) is 1.15. The van der Waals surface area contributed by atoms with E-state index in [1.165, 1.54) is 4.57 Å². The van der Waals surface area contributed by atoms with Crippen molar-refractivity contribution >= 4 is 0 Å². The second-order valence-electron chi connectivity index (χ2n) is 2.64. The summed E-state index contributed by atoms with van der Waals surface area (Å²) >= 11 is 0. The molecule has 0 aliphatic carbocycles. The van der Waals surface area contributed by atoms with Gasteiger partial charge in [-0.15, -0.1) is 0 Å². The lowest BCUT2D eigenvalue weighted by Crippen LogP contribution is -2.46. The van der Waals surface area contributed by atoms with Crippen molar-refractivity contribution in [2.24, 2.45) is 0 Å². The summed E-state index contributed by atoms with van der Waals surface area (Å²) in [6, 6.07) is 5.19. The quantitative estimate of drug-likeness (QED) is 0.460. The Morgan fingerprint density at radius 1 is 1.00 bits per heavy atom. The van der Waals surface area contributed by atoms with Crippen LogP contribution in [0.25, 0.3) is 5.69 Å². The van der Waals surface area contributed by atoms with E-state index in [9.17, 15) is 9.59 Å². The van der Waals surface area contributed by atoms with E-state index in [-0.39, 0.29) is 5.69 Å². The van der Waals surface area contributed by atoms with Gasteiger partial charge in [-0.1, -0.05) is 6.07 Å². The molecule has 1 aromatic carbocycles. The van der Waals surface area contributed by atoms with Crippen molar-refractivity contribution in [3.05, 3.63) is 51.0 Å². The summed E-state index contributed by atoms with van der Waals surface area (Å²) in [4.78, 5) is 21.7. The van der Waals surface area contributed by atoms with Crippen LogP contribution in [0, 0.1) is 0 Å². The molecule has 0 saturated heterocycles. The van der Waals surface area contributed by atoms with Gasteiger partial charge in [-0.3, -0.25) is 9.59 Å². The van der Waals surface area contributed by atoms with Gasteiger partial charge in [-0.25, -0.2) is 0 Å². The normalized spacial score (nSPS) is 10.5. The molecule has 0 spiro atoms. The molecule has 0 saturated carbocycles. The van der Waals surface area contributed by atoms with Crippen LogP contribution in [0.15, 0.2) is 40.2 Å². The van der Waals surface area contributed by atoms with Crippen LogP contribution in [-0.4, -0.2) is 5.11 Å². The number of hydrogen-bond donors (Lipinski definition) is 1. The molecule has 0 aliphatic heterocycles. The van der Waals surface area contributed by atoms with Gasteiger partial charge >= 0.3 is 11.1 Å². The Labute approximate surface area is 73.0 Å². The minimum absolute atomic E-state index is 0.0469. The first kappa shape index (κ1) is 7.67. The average Bonchev–Trinajstić information content (AvgIpc) is 2.19. The zero-order valence-corrected chi connectivity index (χ0v) is 6.60. The predicted octanol–water partition coefficient (Wildman–Crippen LogP) is -0.735. The lowest BCUT2D eigenvalue weighted by atomic mass is 10.2. The number of pyridine rings is 1. The highest BCUT2D eigenvalue weighted by atomic mass is 16.3. The Morgan fingerprint density at radius 2 is 1.62 bits per heavy atom. The maximum Gasteiger partial charge on any atom is 0.309 e. The lowest BCUT2D eigenvalue weighted by Gasteiger charge is -1.97. The Balaban J connectivity index is 2.63. The van der Waals surface area contributed by atoms with Gasteiger partial charge in [0.2, 0.25) is 5.75 Å². The maximum atomic E-state index is 11.0. The highest BCUT2D eigenvalue weighted by Gasteiger charge is 2.28. The van der Waals surface area contributed by atoms with E-state index in [1.54, 1.807) is 30.6 Å². The van der Waals surface area contributed by atoms with Gasteiger partial charge in [0.25, 0.3) is 5.43 Å². The van der Waals surface area contributed by atoms with Gasteiger partial charge in [0.05, 0.1) is 0 Å². The Kier molecular flexibility index (Phi) is 1.48. The highest BCUT2D eigenvalue weighted by Crippen LogP contribution is 2.06. The third kappa shape index (κ3) is 0.955. The van der Waals surface area contributed by atoms with E-state index in [2.05, 4.69) is 0 Å². The molecule has 13 heavy (non-hydrogen) atoms. The number of nitrogens with zero attached hydrogens (tertiary/aromatic N) is 1. The lowest BCUT2D eigenvalue weighted by molar-refractivity contribution is -0.598. The fourth-order valence-corrected chi connectivity index (χ4v) is 1.15. The van der Waals surface area contributed by atoms with Crippen LogP contribution >= 0.6 is 0 Å². The Morgan fingerprint density at radius 3 is 2.15 bits per heavy atom. The van der Waals surface area contributed by atoms with Crippen molar-refractivity contribution in [2.45, 2.75) is 0 Å². The second kappa shape index (κ2) is 2.52. The van der Waals surface area contributed by atoms with E-state index < -0.39 is 16.6 Å². The standard InChI is InChI=1S/C9H5NO3/c11-7-6(8(12)9(7)13)10-4-2-1-3-5-10/h1-5H/p+1. The smallest absolute Gasteiger partial charge is 0.309 e. The van der Waals surface area contributed by atoms with Crippen LogP contribution in [0.3, 0.4) is 0 Å². The number of aromatic nitrogens is 1. The van der Waals surface area contributed by atoms with Crippen molar-refractivity contribution in [3.63, 3.8) is 0 Å². The molecule has 4 nitrogen and oxygen atoms in total. The molecule has 0 aliphatic rings. The van der Waals surface area contributed by atoms with Gasteiger partial charge in [0.1, 0.15) is 0 Å². The van der Waals surface area contributed by atoms with Crippen molar-refractivity contribution in [1.29, 1.82) is 0 Å². The van der Waals surface area contributed by atoms with Gasteiger partial charge < -0.3 is 5.11 Å². The topological polar surface area (TPSA) is 58.2 Å². The molecule has 0 radical (unpaired) electrons. The van der Waals surface area contributed by atoms with Gasteiger partial charge in [0, 0.05) is 12.1 Å². The third-order valence-corrected chi connectivity index (χ3v) is 1.83. The summed E-state index contributed by atoms with van der Waals surface area (Å²) in [6.07, 6.45) is 3.19. The summed E-state index contributed by atoms with van der Waals surface area (Å²) in [5.41, 5.74) is -1.41. The molecule has 2 aromatic rings. The van der Waals surface area contributed by atoms with Crippen LogP contribution in [0.2, 0.25) is 0 Å². The summed E-state index contributed by atoms with van der Waals surface area (Å²) in [5, 5.41) is 9.09. The first-order chi connectivity index (χ1) is 6.22. The summed E-state index contributed by atoms with van der Waals surface area (Å²) < 4.78 is 1.42. The summed E-state index contributed by atoms with van der Waals surface area (Å²) in [7, 11) is 0. The van der Waals surface area contributed by atoms with Gasteiger partial charge in [-0.2, -0.15) is 4.57 Å². The molecule has 2 rings (SSSR count). The van der Waals surface area contributed by atoms with Crippen molar-refractivity contribution in [1.82, 2.24) is 0 Å². The van der Waals surface area contributed by atoms with E-state index in [4.69, 9.17) is 5.11 Å². The zero-order valence-electron chi connectivity index (χ0n) is 6.60. The molecule has 0 bridgehead atoms. The molecule has 1 aromatic heterocycles. The summed E-state index contributed by atoms with van der Waals surface area (Å²) in [6.45, 7) is 0. The molecule has 4 heteroatoms. The Bertz CT molecular complexity index is 509. The van der Waals surface area contributed by atoms with Crippen LogP contribution in [0.5, 0.6) is 5.75 Å². The molecule has 0 amide bonds. The summed E-state index contributed by atoms with van der Waals surface area (Å²) in [5.74, 6) is -0.457. The molecular formula is C9H6NO3+. The highest BCUT2D eigenvalue weighted by molar-refractivity contribution is 5.44. The van der Waals surface area contributed by atoms with Crippen LogP contribution < -0.4 is 15.4 Å². The van der Waals surface area contributed by atoms with E-state index in [0.717, 1.165) is 0 Å². The van der Waals surface area contributed by atoms with E-state index >= 15 is 0 Å². The average molecular weight is 176 g/mol. The van der Waals surface area contributed by atoms with Gasteiger partial charge in [0.15, 0.2) is 12.4 Å². The minimum Gasteiger partial charge on any atom is -0.499 e. The number of rotatable bonds is 1. The SMILES string of the molecule is O=c1c(O)c(-[n+]2ccccc2)c1=O. The molecule has 1 N–H and O–H groups in total. The molecule has 0 unspecified atom stereocenters. The van der Waals surface area contributed by atoms with E-state index in [1.807, 2.05) is 0 Å². The van der Waals surface area contributed by atoms with Crippen LogP contribution in [-0.2, 0) is 0 Å². The number of hydrogen-bond acceptors (Lipinski definition) is 3. The molecule has 0 atom stereocenters. The monoisotopic (exact) mass is 176 g/mol. The van der Waals surface area contributed by atoms with Crippen LogP contribution in [0.4, 0.5) is 0 Å². The second-order valence-corrected chi connectivity index (χ2v) is 2.64. The van der Waals surface area contributed by atoms with Gasteiger partial charge in [-0.05, 0) is 0 Å². The Hall–Kier alpha value is -1.97. The fraction of sp³-hybridized carbons (Fsp3) is 0. The first-order valence-electron chi connectivity index (χ1n) is 3.71. The number of aromatic hydroxyl groups is 1. The van der Waals surface area contributed by atoms with Crippen molar-refractivity contribution in [2.75, 3.05) is 0 Å². The van der Waals surface area contributed by atoms with Crippen molar-refractivity contribution < 1.29 is 9.67 Å².